The van der Waals surface area contributed by atoms with E-state index in [1.165, 1.54) is 6.07 Å². The summed E-state index contributed by atoms with van der Waals surface area (Å²) in [7, 11) is -3.56. The molecular weight excluding hydrogens is 252 g/mol. The number of hydrogen-bond acceptors (Lipinski definition) is 4. The molecule has 1 fully saturated rings. The van der Waals surface area contributed by atoms with Crippen molar-refractivity contribution < 1.29 is 12.8 Å². The summed E-state index contributed by atoms with van der Waals surface area (Å²) in [6, 6.07) is 3.04. The van der Waals surface area contributed by atoms with Crippen molar-refractivity contribution in [3.05, 3.63) is 17.9 Å². The van der Waals surface area contributed by atoms with E-state index >= 15 is 0 Å². The molecule has 0 bridgehead atoms. The van der Waals surface area contributed by atoms with E-state index < -0.39 is 10.0 Å². The fraction of sp³-hybridized carbons (Fsp3) is 0.667. The zero-order chi connectivity index (χ0) is 13.4. The molecule has 0 amide bonds. The molecule has 1 aromatic rings. The van der Waals surface area contributed by atoms with Gasteiger partial charge in [-0.15, -0.1) is 0 Å². The molecule has 1 aliphatic carbocycles. The van der Waals surface area contributed by atoms with Crippen LogP contribution >= 0.6 is 0 Å². The lowest BCUT2D eigenvalue weighted by Crippen LogP contribution is -2.33. The number of nitrogens with two attached hydrogens (primary N) is 1. The van der Waals surface area contributed by atoms with Gasteiger partial charge in [-0.1, -0.05) is 13.8 Å². The molecule has 5 nitrogen and oxygen atoms in total. The Morgan fingerprint density at radius 1 is 1.50 bits per heavy atom. The summed E-state index contributed by atoms with van der Waals surface area (Å²) in [4.78, 5) is 0. The molecule has 1 aromatic heterocycles. The second-order valence-electron chi connectivity index (χ2n) is 5.65. The van der Waals surface area contributed by atoms with Gasteiger partial charge in [0.15, 0.2) is 0 Å². The minimum absolute atomic E-state index is 0.00331. The molecule has 3 N–H and O–H groups in total. The van der Waals surface area contributed by atoms with Crippen LogP contribution in [-0.4, -0.2) is 14.5 Å². The Morgan fingerprint density at radius 3 is 2.72 bits per heavy atom. The van der Waals surface area contributed by atoms with Crippen LogP contribution < -0.4 is 10.5 Å². The van der Waals surface area contributed by atoms with Crippen LogP contribution in [0.25, 0.3) is 0 Å². The van der Waals surface area contributed by atoms with Crippen molar-refractivity contribution >= 4 is 10.0 Å². The van der Waals surface area contributed by atoms with Gasteiger partial charge in [-0.05, 0) is 36.8 Å². The summed E-state index contributed by atoms with van der Waals surface area (Å²) in [6.45, 7) is 4.51. The van der Waals surface area contributed by atoms with E-state index in [4.69, 9.17) is 10.2 Å². The van der Waals surface area contributed by atoms with Gasteiger partial charge < -0.3 is 10.2 Å². The van der Waals surface area contributed by atoms with Crippen molar-refractivity contribution in [1.82, 2.24) is 4.72 Å². The van der Waals surface area contributed by atoms with Crippen LogP contribution in [-0.2, 0) is 16.6 Å². The molecule has 0 radical (unpaired) electrons. The maximum absolute atomic E-state index is 12.1. The quantitative estimate of drug-likeness (QED) is 0.871. The fourth-order valence-electron chi connectivity index (χ4n) is 2.43. The van der Waals surface area contributed by atoms with Gasteiger partial charge in [0.2, 0.25) is 5.09 Å². The summed E-state index contributed by atoms with van der Waals surface area (Å²) in [5, 5.41) is -0.0485. The summed E-state index contributed by atoms with van der Waals surface area (Å²) >= 11 is 0. The molecular formula is C12H20N2O3S. The van der Waals surface area contributed by atoms with E-state index in [0.29, 0.717) is 5.76 Å². The molecule has 6 heteroatoms. The highest BCUT2D eigenvalue weighted by molar-refractivity contribution is 7.89. The SMILES string of the molecule is CC1(C)CCC(NS(=O)(=O)c2ccc(CN)o2)C1. The van der Waals surface area contributed by atoms with E-state index in [0.717, 1.165) is 19.3 Å². The monoisotopic (exact) mass is 272 g/mol. The van der Waals surface area contributed by atoms with Gasteiger partial charge in [-0.2, -0.15) is 0 Å². The van der Waals surface area contributed by atoms with Crippen molar-refractivity contribution in [2.45, 2.75) is 50.8 Å². The van der Waals surface area contributed by atoms with Crippen molar-refractivity contribution in [1.29, 1.82) is 0 Å². The van der Waals surface area contributed by atoms with Gasteiger partial charge in [0.05, 0.1) is 6.54 Å². The van der Waals surface area contributed by atoms with E-state index in [9.17, 15) is 8.42 Å². The summed E-state index contributed by atoms with van der Waals surface area (Å²) in [5.41, 5.74) is 5.60. The van der Waals surface area contributed by atoms with Crippen LogP contribution in [0, 0.1) is 5.41 Å². The standard InChI is InChI=1S/C12H20N2O3S/c1-12(2)6-5-9(7-12)14-18(15,16)11-4-3-10(8-13)17-11/h3-4,9,14H,5-8,13H2,1-2H3. The highest BCUT2D eigenvalue weighted by Crippen LogP contribution is 2.37. The molecule has 1 saturated carbocycles. The Hall–Kier alpha value is -0.850. The first-order valence-electron chi connectivity index (χ1n) is 6.13. The number of nitrogens with one attached hydrogen (secondary N) is 1. The number of furan rings is 1. The lowest BCUT2D eigenvalue weighted by atomic mass is 9.92. The molecule has 102 valence electrons. The summed E-state index contributed by atoms with van der Waals surface area (Å²) < 4.78 is 32.1. The predicted octanol–water partition coefficient (Wildman–Crippen LogP) is 1.60. The summed E-state index contributed by atoms with van der Waals surface area (Å²) in [5.74, 6) is 0.474. The van der Waals surface area contributed by atoms with Crippen molar-refractivity contribution in [2.75, 3.05) is 0 Å². The van der Waals surface area contributed by atoms with Gasteiger partial charge in [0.1, 0.15) is 5.76 Å². The molecule has 0 aromatic carbocycles. The second kappa shape index (κ2) is 4.68. The third kappa shape index (κ3) is 2.93. The van der Waals surface area contributed by atoms with Gasteiger partial charge >= 0.3 is 0 Å². The van der Waals surface area contributed by atoms with E-state index in [1.807, 2.05) is 0 Å². The Labute approximate surface area is 108 Å². The molecule has 1 unspecified atom stereocenters. The number of sulfonamides is 1. The molecule has 18 heavy (non-hydrogen) atoms. The second-order valence-corrected chi connectivity index (χ2v) is 7.30. The fourth-order valence-corrected chi connectivity index (χ4v) is 3.65. The first kappa shape index (κ1) is 13.6. The molecule has 1 atom stereocenters. The van der Waals surface area contributed by atoms with Crippen LogP contribution in [0.1, 0.15) is 38.9 Å². The lowest BCUT2D eigenvalue weighted by Gasteiger charge is -2.17. The third-order valence-corrected chi connectivity index (χ3v) is 4.79. The molecule has 1 aliphatic rings. The molecule has 0 spiro atoms. The first-order chi connectivity index (χ1) is 8.32. The minimum Gasteiger partial charge on any atom is -0.447 e. The predicted molar refractivity (Wildman–Crippen MR) is 68.3 cm³/mol. The van der Waals surface area contributed by atoms with Crippen molar-refractivity contribution in [3.63, 3.8) is 0 Å². The highest BCUT2D eigenvalue weighted by atomic mass is 32.2. The molecule has 1 heterocycles. The van der Waals surface area contributed by atoms with Gasteiger partial charge in [0, 0.05) is 6.04 Å². The number of rotatable bonds is 4. The average Bonchev–Trinajstić information content (AvgIpc) is 2.84. The van der Waals surface area contributed by atoms with Crippen LogP contribution in [0.4, 0.5) is 0 Å². The Kier molecular flexibility index (Phi) is 3.53. The van der Waals surface area contributed by atoms with E-state index in [-0.39, 0.29) is 23.1 Å². The van der Waals surface area contributed by atoms with Gasteiger partial charge in [-0.25, -0.2) is 13.1 Å². The molecule has 0 aliphatic heterocycles. The number of hydrogen-bond donors (Lipinski definition) is 2. The minimum atomic E-state index is -3.56. The maximum Gasteiger partial charge on any atom is 0.274 e. The maximum atomic E-state index is 12.1. The van der Waals surface area contributed by atoms with Crippen LogP contribution in [0.2, 0.25) is 0 Å². The average molecular weight is 272 g/mol. The third-order valence-electron chi connectivity index (χ3n) is 3.39. The van der Waals surface area contributed by atoms with Crippen LogP contribution in [0.3, 0.4) is 0 Å². The topological polar surface area (TPSA) is 85.3 Å². The van der Waals surface area contributed by atoms with Crippen LogP contribution in [0.5, 0.6) is 0 Å². The lowest BCUT2D eigenvalue weighted by molar-refractivity contribution is 0.370. The Bertz CT molecular complexity index is 519. The van der Waals surface area contributed by atoms with Crippen LogP contribution in [0.15, 0.2) is 21.6 Å². The van der Waals surface area contributed by atoms with E-state index in [1.54, 1.807) is 6.07 Å². The zero-order valence-corrected chi connectivity index (χ0v) is 11.6. The largest absolute Gasteiger partial charge is 0.447 e. The smallest absolute Gasteiger partial charge is 0.274 e. The highest BCUT2D eigenvalue weighted by Gasteiger charge is 2.34. The Morgan fingerprint density at radius 2 is 2.22 bits per heavy atom. The molecule has 0 saturated heterocycles. The first-order valence-corrected chi connectivity index (χ1v) is 7.62. The normalized spacial score (nSPS) is 23.4. The molecule has 2 rings (SSSR count). The van der Waals surface area contributed by atoms with Crippen molar-refractivity contribution in [2.24, 2.45) is 11.1 Å². The van der Waals surface area contributed by atoms with Crippen molar-refractivity contribution in [3.8, 4) is 0 Å². The van der Waals surface area contributed by atoms with Gasteiger partial charge in [-0.3, -0.25) is 0 Å². The van der Waals surface area contributed by atoms with E-state index in [2.05, 4.69) is 18.6 Å². The zero-order valence-electron chi connectivity index (χ0n) is 10.8. The summed E-state index contributed by atoms with van der Waals surface area (Å²) in [6.07, 6.45) is 2.76. The Balaban J connectivity index is 2.08. The van der Waals surface area contributed by atoms with Gasteiger partial charge in [0.25, 0.3) is 10.0 Å².